The highest BCUT2D eigenvalue weighted by Gasteiger charge is 2.32. The molecule has 10 heteroatoms. The Bertz CT molecular complexity index is 1280. The number of halogens is 1. The van der Waals surface area contributed by atoms with Crippen LogP contribution in [0, 0.1) is 5.92 Å². The van der Waals surface area contributed by atoms with Crippen LogP contribution in [-0.2, 0) is 21.4 Å². The summed E-state index contributed by atoms with van der Waals surface area (Å²) in [6, 6.07) is 11.8. The van der Waals surface area contributed by atoms with Gasteiger partial charge in [0.25, 0.3) is 0 Å². The molecule has 1 aliphatic heterocycles. The molecule has 2 N–H and O–H groups in total. The molecular weight excluding hydrogens is 472 g/mol. The molecule has 1 aromatic heterocycles. The zero-order valence-corrected chi connectivity index (χ0v) is 18.7. The lowest BCUT2D eigenvalue weighted by atomic mass is 10.2. The van der Waals surface area contributed by atoms with E-state index < -0.39 is 15.9 Å². The van der Waals surface area contributed by atoms with Crippen molar-refractivity contribution in [3.8, 4) is 0 Å². The molecule has 0 spiro atoms. The predicted molar refractivity (Wildman–Crippen MR) is 118 cm³/mol. The highest BCUT2D eigenvalue weighted by molar-refractivity contribution is 9.10. The Hall–Kier alpha value is -2.43. The van der Waals surface area contributed by atoms with Gasteiger partial charge in [-0.1, -0.05) is 19.1 Å². The molecule has 0 aliphatic carbocycles. The van der Waals surface area contributed by atoms with Crippen molar-refractivity contribution in [2.45, 2.75) is 24.8 Å². The van der Waals surface area contributed by atoms with Gasteiger partial charge in [0.05, 0.1) is 15.9 Å². The van der Waals surface area contributed by atoms with E-state index in [-0.39, 0.29) is 17.1 Å². The highest BCUT2D eigenvalue weighted by Crippen LogP contribution is 2.31. The summed E-state index contributed by atoms with van der Waals surface area (Å²) in [6.45, 7) is 2.79. The minimum Gasteiger partial charge on any atom is -0.324 e. The van der Waals surface area contributed by atoms with E-state index in [9.17, 15) is 18.0 Å². The summed E-state index contributed by atoms with van der Waals surface area (Å²) in [5.74, 6) is -0.113. The van der Waals surface area contributed by atoms with Crippen LogP contribution in [-0.4, -0.2) is 41.3 Å². The molecule has 30 heavy (non-hydrogen) atoms. The molecule has 1 aliphatic rings. The number of aromatic nitrogens is 2. The molecule has 2 aromatic carbocycles. The molecule has 8 nitrogen and oxygen atoms in total. The fourth-order valence-corrected chi connectivity index (χ4v) is 6.16. The third-order valence-electron chi connectivity index (χ3n) is 5.20. The summed E-state index contributed by atoms with van der Waals surface area (Å²) in [6.07, 6.45) is 0.826. The van der Waals surface area contributed by atoms with Gasteiger partial charge >= 0.3 is 5.69 Å². The number of fused-ring (bicyclic) bond motifs is 1. The van der Waals surface area contributed by atoms with Crippen molar-refractivity contribution < 1.29 is 13.2 Å². The van der Waals surface area contributed by atoms with Gasteiger partial charge in [0.2, 0.25) is 15.9 Å². The van der Waals surface area contributed by atoms with Crippen molar-refractivity contribution >= 4 is 48.6 Å². The number of nitrogens with one attached hydrogen (secondary N) is 2. The van der Waals surface area contributed by atoms with Gasteiger partial charge < -0.3 is 10.3 Å². The molecule has 0 bridgehead atoms. The quantitative estimate of drug-likeness (QED) is 0.571. The molecule has 1 atom stereocenters. The molecule has 4 rings (SSSR count). The number of rotatable bonds is 5. The van der Waals surface area contributed by atoms with Crippen molar-refractivity contribution in [3.05, 3.63) is 57.4 Å². The maximum absolute atomic E-state index is 13.0. The lowest BCUT2D eigenvalue weighted by Gasteiger charge is -2.18. The number of carbonyl (C=O) groups is 1. The van der Waals surface area contributed by atoms with E-state index in [1.165, 1.54) is 14.9 Å². The van der Waals surface area contributed by atoms with Crippen LogP contribution in [0.25, 0.3) is 11.0 Å². The van der Waals surface area contributed by atoms with E-state index in [0.717, 1.165) is 6.42 Å². The third kappa shape index (κ3) is 3.94. The lowest BCUT2D eigenvalue weighted by molar-refractivity contribution is -0.116. The van der Waals surface area contributed by atoms with Gasteiger partial charge in [-0.25, -0.2) is 13.2 Å². The van der Waals surface area contributed by atoms with Crippen molar-refractivity contribution in [3.63, 3.8) is 0 Å². The molecule has 2 heterocycles. The number of amides is 1. The van der Waals surface area contributed by atoms with E-state index >= 15 is 0 Å². The van der Waals surface area contributed by atoms with Gasteiger partial charge in [-0.15, -0.1) is 0 Å². The summed E-state index contributed by atoms with van der Waals surface area (Å²) < 4.78 is 29.3. The number of H-pyrrole nitrogens is 1. The van der Waals surface area contributed by atoms with Crippen LogP contribution in [0.3, 0.4) is 0 Å². The molecule has 0 radical (unpaired) electrons. The fraction of sp³-hybridized carbons (Fsp3) is 0.300. The second kappa shape index (κ2) is 8.01. The van der Waals surface area contributed by atoms with Crippen molar-refractivity contribution in [1.82, 2.24) is 13.9 Å². The van der Waals surface area contributed by atoms with E-state index in [2.05, 4.69) is 26.2 Å². The Morgan fingerprint density at radius 3 is 2.77 bits per heavy atom. The maximum atomic E-state index is 13.0. The number of hydrogen-bond donors (Lipinski definition) is 2. The van der Waals surface area contributed by atoms with E-state index in [1.807, 2.05) is 6.92 Å². The molecule has 3 aromatic rings. The average Bonchev–Trinajstić information content (AvgIpc) is 3.27. The van der Waals surface area contributed by atoms with Crippen LogP contribution in [0.4, 0.5) is 5.69 Å². The number of para-hydroxylation sites is 2. The average molecular weight is 493 g/mol. The van der Waals surface area contributed by atoms with E-state index in [4.69, 9.17) is 0 Å². The number of benzene rings is 2. The molecule has 158 valence electrons. The Kier molecular flexibility index (Phi) is 5.56. The summed E-state index contributed by atoms with van der Waals surface area (Å²) in [5, 5.41) is 2.69. The van der Waals surface area contributed by atoms with Gasteiger partial charge in [0.1, 0.15) is 6.54 Å². The minimum absolute atomic E-state index is 0.110. The maximum Gasteiger partial charge on any atom is 0.326 e. The van der Waals surface area contributed by atoms with Crippen LogP contribution in [0.5, 0.6) is 0 Å². The fourth-order valence-electron chi connectivity index (χ4n) is 3.64. The number of aromatic amines is 1. The minimum atomic E-state index is -3.67. The Morgan fingerprint density at radius 2 is 2.03 bits per heavy atom. The number of hydrogen-bond acceptors (Lipinski definition) is 4. The molecular formula is C20H21BrN4O4S. The highest BCUT2D eigenvalue weighted by atomic mass is 79.9. The summed E-state index contributed by atoms with van der Waals surface area (Å²) in [4.78, 5) is 27.5. The monoisotopic (exact) mass is 492 g/mol. The van der Waals surface area contributed by atoms with Crippen LogP contribution in [0.15, 0.2) is 56.6 Å². The first-order chi connectivity index (χ1) is 14.3. The summed E-state index contributed by atoms with van der Waals surface area (Å²) in [7, 11) is -3.67. The lowest BCUT2D eigenvalue weighted by Crippen LogP contribution is -2.29. The molecule has 0 saturated carbocycles. The zero-order valence-electron chi connectivity index (χ0n) is 16.3. The normalized spacial score (nSPS) is 17.5. The van der Waals surface area contributed by atoms with Crippen molar-refractivity contribution in [2.24, 2.45) is 5.92 Å². The number of sulfonamides is 1. The van der Waals surface area contributed by atoms with E-state index in [1.54, 1.807) is 36.4 Å². The van der Waals surface area contributed by atoms with Crippen LogP contribution in [0.2, 0.25) is 0 Å². The van der Waals surface area contributed by atoms with Gasteiger partial charge in [0.15, 0.2) is 0 Å². The molecule has 1 fully saturated rings. The molecule has 0 unspecified atom stereocenters. The first-order valence-electron chi connectivity index (χ1n) is 9.53. The Labute approximate surface area is 182 Å². The number of imidazole rings is 1. The largest absolute Gasteiger partial charge is 0.326 e. The second-order valence-electron chi connectivity index (χ2n) is 7.48. The molecule has 1 saturated heterocycles. The van der Waals surface area contributed by atoms with Crippen LogP contribution >= 0.6 is 15.9 Å². The van der Waals surface area contributed by atoms with Crippen molar-refractivity contribution in [2.75, 3.05) is 18.4 Å². The number of anilines is 1. The van der Waals surface area contributed by atoms with Gasteiger partial charge in [-0.3, -0.25) is 9.36 Å². The zero-order chi connectivity index (χ0) is 21.5. The standard InChI is InChI=1S/C20H21BrN4O4S/c1-13-8-9-24(11-13)30(28,29)18-10-14(6-7-15(18)21)22-19(26)12-25-17-5-3-2-4-16(17)23-20(25)27/h2-7,10,13H,8-9,11-12H2,1H3,(H,22,26)(H,23,27)/t13-/m0/s1. The van der Waals surface area contributed by atoms with Gasteiger partial charge in [-0.2, -0.15) is 4.31 Å². The second-order valence-corrected chi connectivity index (χ2v) is 10.2. The first-order valence-corrected chi connectivity index (χ1v) is 11.8. The first kappa shape index (κ1) is 20.8. The summed E-state index contributed by atoms with van der Waals surface area (Å²) in [5.41, 5.74) is 1.24. The number of nitrogens with zero attached hydrogens (tertiary/aromatic N) is 2. The Morgan fingerprint density at radius 1 is 1.27 bits per heavy atom. The van der Waals surface area contributed by atoms with Crippen LogP contribution < -0.4 is 11.0 Å². The number of carbonyl (C=O) groups excluding carboxylic acids is 1. The molecule has 1 amide bonds. The van der Waals surface area contributed by atoms with Crippen molar-refractivity contribution in [1.29, 1.82) is 0 Å². The Balaban J connectivity index is 1.56. The van der Waals surface area contributed by atoms with Gasteiger partial charge in [-0.05, 0) is 58.6 Å². The predicted octanol–water partition coefficient (Wildman–Crippen LogP) is 2.76. The summed E-state index contributed by atoms with van der Waals surface area (Å²) >= 11 is 3.31. The SMILES string of the molecule is C[C@H]1CCN(S(=O)(=O)c2cc(NC(=O)Cn3c(=O)[nH]c4ccccc43)ccc2Br)C1. The smallest absolute Gasteiger partial charge is 0.324 e. The van der Waals surface area contributed by atoms with Crippen LogP contribution in [0.1, 0.15) is 13.3 Å². The van der Waals surface area contributed by atoms with E-state index in [0.29, 0.717) is 40.2 Å². The third-order valence-corrected chi connectivity index (χ3v) is 8.06. The topological polar surface area (TPSA) is 104 Å². The van der Waals surface area contributed by atoms with Gasteiger partial charge in [0, 0.05) is 23.2 Å².